The molecule has 0 aromatic heterocycles. The van der Waals surface area contributed by atoms with E-state index in [1.807, 2.05) is 24.3 Å². The Bertz CT molecular complexity index is 424. The van der Waals surface area contributed by atoms with Gasteiger partial charge in [-0.25, -0.2) is 0 Å². The summed E-state index contributed by atoms with van der Waals surface area (Å²) in [5.74, 6) is 1.65. The van der Waals surface area contributed by atoms with E-state index >= 15 is 0 Å². The zero-order valence-corrected chi connectivity index (χ0v) is 11.3. The fourth-order valence-electron chi connectivity index (χ4n) is 2.18. The van der Waals surface area contributed by atoms with Gasteiger partial charge in [-0.1, -0.05) is 12.1 Å². The van der Waals surface area contributed by atoms with Gasteiger partial charge in [0.25, 0.3) is 0 Å². The van der Waals surface area contributed by atoms with Gasteiger partial charge in [-0.3, -0.25) is 0 Å². The van der Waals surface area contributed by atoms with E-state index in [4.69, 9.17) is 14.2 Å². The van der Waals surface area contributed by atoms with Gasteiger partial charge < -0.3 is 19.3 Å². The summed E-state index contributed by atoms with van der Waals surface area (Å²) in [6, 6.07) is 8.00. The van der Waals surface area contributed by atoms with Crippen LogP contribution in [0, 0.1) is 0 Å². The molecule has 0 spiro atoms. The van der Waals surface area contributed by atoms with E-state index in [-0.39, 0.29) is 6.10 Å². The second-order valence-electron chi connectivity index (χ2n) is 4.58. The first-order chi connectivity index (χ1) is 9.21. The van der Waals surface area contributed by atoms with Crippen LogP contribution in [-0.4, -0.2) is 31.7 Å². The van der Waals surface area contributed by atoms with Crippen molar-refractivity contribution in [2.75, 3.05) is 14.2 Å². The number of aliphatic hydroxyl groups is 1. The van der Waals surface area contributed by atoms with Crippen LogP contribution in [0.4, 0.5) is 0 Å². The van der Waals surface area contributed by atoms with Crippen LogP contribution in [0.3, 0.4) is 0 Å². The normalized spacial score (nSPS) is 22.8. The lowest BCUT2D eigenvalue weighted by Crippen LogP contribution is -2.27. The molecule has 0 saturated carbocycles. The van der Waals surface area contributed by atoms with Gasteiger partial charge in [-0.15, -0.1) is 0 Å². The molecule has 1 N–H and O–H groups in total. The molecule has 1 aliphatic rings. The number of benzene rings is 1. The van der Waals surface area contributed by atoms with Crippen molar-refractivity contribution in [2.24, 2.45) is 0 Å². The number of rotatable bonds is 5. The van der Waals surface area contributed by atoms with Gasteiger partial charge in [0.05, 0.1) is 26.1 Å². The Morgan fingerprint density at radius 3 is 2.58 bits per heavy atom. The Balaban J connectivity index is 1.86. The van der Waals surface area contributed by atoms with Gasteiger partial charge in [0.2, 0.25) is 0 Å². The Labute approximate surface area is 113 Å². The number of aliphatic hydroxyl groups excluding tert-OH is 1. The molecule has 0 fully saturated rings. The quantitative estimate of drug-likeness (QED) is 0.886. The highest BCUT2D eigenvalue weighted by molar-refractivity contribution is 5.27. The molecule has 2 rings (SSSR count). The molecule has 1 heterocycles. The summed E-state index contributed by atoms with van der Waals surface area (Å²) >= 11 is 0. The Morgan fingerprint density at radius 2 is 1.95 bits per heavy atom. The molecule has 1 aliphatic heterocycles. The maximum Gasteiger partial charge on any atom is 0.177 e. The monoisotopic (exact) mass is 264 g/mol. The first kappa shape index (κ1) is 13.9. The first-order valence-electron chi connectivity index (χ1n) is 6.42. The van der Waals surface area contributed by atoms with E-state index in [9.17, 15) is 5.11 Å². The lowest BCUT2D eigenvalue weighted by molar-refractivity contribution is -0.121. The molecule has 0 aliphatic carbocycles. The van der Waals surface area contributed by atoms with Crippen LogP contribution in [0.5, 0.6) is 5.75 Å². The SMILES string of the molecule is COC1=CC(O)OC(CCc2ccc(OC)cc2)C1. The highest BCUT2D eigenvalue weighted by Crippen LogP contribution is 2.22. The second kappa shape index (κ2) is 6.59. The Kier molecular flexibility index (Phi) is 4.82. The molecule has 2 atom stereocenters. The summed E-state index contributed by atoms with van der Waals surface area (Å²) in [4.78, 5) is 0. The van der Waals surface area contributed by atoms with Crippen molar-refractivity contribution in [3.8, 4) is 5.75 Å². The summed E-state index contributed by atoms with van der Waals surface area (Å²) in [5, 5.41) is 9.55. The molecule has 1 aromatic carbocycles. The smallest absolute Gasteiger partial charge is 0.177 e. The van der Waals surface area contributed by atoms with Crippen LogP contribution >= 0.6 is 0 Å². The van der Waals surface area contributed by atoms with Crippen molar-refractivity contribution in [2.45, 2.75) is 31.7 Å². The molecule has 0 bridgehead atoms. The topological polar surface area (TPSA) is 47.9 Å². The molecule has 0 saturated heterocycles. The highest BCUT2D eigenvalue weighted by Gasteiger charge is 2.21. The van der Waals surface area contributed by atoms with Crippen molar-refractivity contribution >= 4 is 0 Å². The fraction of sp³-hybridized carbons (Fsp3) is 0.467. The summed E-state index contributed by atoms with van der Waals surface area (Å²) in [6.07, 6.45) is 3.21. The lowest BCUT2D eigenvalue weighted by Gasteiger charge is -2.26. The molecule has 4 nitrogen and oxygen atoms in total. The zero-order chi connectivity index (χ0) is 13.7. The predicted molar refractivity (Wildman–Crippen MR) is 71.9 cm³/mol. The molecule has 2 unspecified atom stereocenters. The minimum atomic E-state index is -0.857. The van der Waals surface area contributed by atoms with Gasteiger partial charge in [-0.2, -0.15) is 0 Å². The minimum absolute atomic E-state index is 0.00273. The molecular formula is C15H20O4. The van der Waals surface area contributed by atoms with E-state index < -0.39 is 6.29 Å². The van der Waals surface area contributed by atoms with Crippen LogP contribution < -0.4 is 4.74 Å². The molecule has 19 heavy (non-hydrogen) atoms. The highest BCUT2D eigenvalue weighted by atomic mass is 16.6. The van der Waals surface area contributed by atoms with Gasteiger partial charge in [0.15, 0.2) is 6.29 Å². The number of ether oxygens (including phenoxy) is 3. The van der Waals surface area contributed by atoms with E-state index in [1.54, 1.807) is 20.3 Å². The molecule has 1 aromatic rings. The van der Waals surface area contributed by atoms with E-state index in [0.717, 1.165) is 24.4 Å². The number of hydrogen-bond acceptors (Lipinski definition) is 4. The van der Waals surface area contributed by atoms with Gasteiger partial charge >= 0.3 is 0 Å². The maximum absolute atomic E-state index is 9.55. The van der Waals surface area contributed by atoms with Crippen molar-refractivity contribution in [1.82, 2.24) is 0 Å². The van der Waals surface area contributed by atoms with Crippen molar-refractivity contribution in [3.63, 3.8) is 0 Å². The second-order valence-corrected chi connectivity index (χ2v) is 4.58. The molecule has 4 heteroatoms. The number of aryl methyl sites for hydroxylation is 1. The van der Waals surface area contributed by atoms with Gasteiger partial charge in [-0.05, 0) is 30.5 Å². The zero-order valence-electron chi connectivity index (χ0n) is 11.3. The van der Waals surface area contributed by atoms with Crippen LogP contribution in [-0.2, 0) is 15.9 Å². The predicted octanol–water partition coefficient (Wildman–Crippen LogP) is 2.27. The van der Waals surface area contributed by atoms with Crippen LogP contribution in [0.1, 0.15) is 18.4 Å². The average Bonchev–Trinajstić information content (AvgIpc) is 2.45. The van der Waals surface area contributed by atoms with Gasteiger partial charge in [0.1, 0.15) is 5.75 Å². The van der Waals surface area contributed by atoms with Crippen LogP contribution in [0.15, 0.2) is 36.1 Å². The van der Waals surface area contributed by atoms with Gasteiger partial charge in [0, 0.05) is 12.5 Å². The summed E-state index contributed by atoms with van der Waals surface area (Å²) in [5.41, 5.74) is 1.23. The molecule has 0 amide bonds. The third-order valence-corrected chi connectivity index (χ3v) is 3.27. The van der Waals surface area contributed by atoms with Crippen molar-refractivity contribution in [3.05, 3.63) is 41.7 Å². The minimum Gasteiger partial charge on any atom is -0.501 e. The molecular weight excluding hydrogens is 244 g/mol. The van der Waals surface area contributed by atoms with E-state index in [0.29, 0.717) is 6.42 Å². The van der Waals surface area contributed by atoms with E-state index in [2.05, 4.69) is 0 Å². The summed E-state index contributed by atoms with van der Waals surface area (Å²) in [6.45, 7) is 0. The van der Waals surface area contributed by atoms with Crippen LogP contribution in [0.25, 0.3) is 0 Å². The molecule has 0 radical (unpaired) electrons. The van der Waals surface area contributed by atoms with E-state index in [1.165, 1.54) is 5.56 Å². The summed E-state index contributed by atoms with van der Waals surface area (Å²) in [7, 11) is 3.27. The summed E-state index contributed by atoms with van der Waals surface area (Å²) < 4.78 is 15.8. The van der Waals surface area contributed by atoms with Crippen LogP contribution in [0.2, 0.25) is 0 Å². The lowest BCUT2D eigenvalue weighted by atomic mass is 10.0. The third kappa shape index (κ3) is 3.98. The molecule has 104 valence electrons. The number of hydrogen-bond donors (Lipinski definition) is 1. The standard InChI is InChI=1S/C15H20O4/c1-17-12-6-3-11(4-7-12)5-8-13-9-14(18-2)10-15(16)19-13/h3-4,6-7,10,13,15-16H,5,8-9H2,1-2H3. The fourth-order valence-corrected chi connectivity index (χ4v) is 2.18. The maximum atomic E-state index is 9.55. The number of methoxy groups -OCH3 is 2. The first-order valence-corrected chi connectivity index (χ1v) is 6.42. The van der Waals surface area contributed by atoms with Crippen molar-refractivity contribution in [1.29, 1.82) is 0 Å². The third-order valence-electron chi connectivity index (χ3n) is 3.27. The largest absolute Gasteiger partial charge is 0.501 e. The van der Waals surface area contributed by atoms with Crippen molar-refractivity contribution < 1.29 is 19.3 Å². The Hall–Kier alpha value is -1.52. The Morgan fingerprint density at radius 1 is 1.21 bits per heavy atom. The average molecular weight is 264 g/mol.